The Morgan fingerprint density at radius 1 is 1.45 bits per heavy atom. The summed E-state index contributed by atoms with van der Waals surface area (Å²) in [6, 6.07) is 0. The Labute approximate surface area is 90.4 Å². The largest absolute Gasteiger partial charge is 1.00 e. The predicted molar refractivity (Wildman–Crippen MR) is 45.2 cm³/mol. The molecule has 0 aromatic heterocycles. The number of alkyl halides is 1. The molecule has 1 unspecified atom stereocenters. The van der Waals surface area contributed by atoms with Crippen LogP contribution >= 0.6 is 23.2 Å². The second kappa shape index (κ2) is 6.23. The van der Waals surface area contributed by atoms with E-state index in [0.29, 0.717) is 5.03 Å². The number of allylic oxidation sites excluding steroid dienone is 4. The molecule has 0 amide bonds. The molecule has 0 aromatic carbocycles. The molecule has 0 bridgehead atoms. The molecular weight excluding hydrogens is 268 g/mol. The van der Waals surface area contributed by atoms with Crippen molar-refractivity contribution in [3.8, 4) is 0 Å². The van der Waals surface area contributed by atoms with Crippen LogP contribution in [-0.2, 0) is 19.5 Å². The third-order valence-corrected chi connectivity index (χ3v) is 2.29. The Hall–Kier alpha value is 0.683. The van der Waals surface area contributed by atoms with Gasteiger partial charge in [-0.3, -0.25) is 0 Å². The summed E-state index contributed by atoms with van der Waals surface area (Å²) < 4.78 is 0. The van der Waals surface area contributed by atoms with Crippen molar-refractivity contribution in [2.75, 3.05) is 0 Å². The normalized spacial score (nSPS) is 27.5. The van der Waals surface area contributed by atoms with Crippen LogP contribution in [-0.4, -0.2) is 5.38 Å². The number of hydrogen-bond acceptors (Lipinski definition) is 0. The van der Waals surface area contributed by atoms with Crippen LogP contribution in [0.5, 0.6) is 0 Å². The standard InChI is InChI=1S/C8H9Cl2.Ru/c9-7-5-3-1-2-4-6-8(7)10;/h1,3,7H,2,4-5H2;/q-1;+1/b3-1-;. The molecule has 1 aliphatic rings. The molecular formula is C8H9Cl2Ru. The van der Waals surface area contributed by atoms with Crippen LogP contribution < -0.4 is 0 Å². The molecule has 0 aromatic rings. The van der Waals surface area contributed by atoms with Gasteiger partial charge in [0.25, 0.3) is 0 Å². The fraction of sp³-hybridized carbons (Fsp3) is 0.500. The average Bonchev–Trinajstić information content (AvgIpc) is 1.92. The quantitative estimate of drug-likeness (QED) is 0.276. The molecule has 1 atom stereocenters. The van der Waals surface area contributed by atoms with Gasteiger partial charge in [0.15, 0.2) is 0 Å². The van der Waals surface area contributed by atoms with Gasteiger partial charge in [0.2, 0.25) is 0 Å². The van der Waals surface area contributed by atoms with Gasteiger partial charge in [-0.15, -0.1) is 28.2 Å². The van der Waals surface area contributed by atoms with E-state index in [1.807, 2.05) is 0 Å². The molecule has 0 aliphatic heterocycles. The topological polar surface area (TPSA) is 0 Å². The van der Waals surface area contributed by atoms with E-state index in [-0.39, 0.29) is 24.9 Å². The summed E-state index contributed by atoms with van der Waals surface area (Å²) in [5, 5.41) is 0.615. The first-order valence-electron chi connectivity index (χ1n) is 3.36. The molecule has 11 heavy (non-hydrogen) atoms. The molecule has 0 heterocycles. The zero-order valence-electron chi connectivity index (χ0n) is 5.96. The minimum Gasteiger partial charge on any atom is -0.479 e. The van der Waals surface area contributed by atoms with E-state index in [9.17, 15) is 0 Å². The number of hydrogen-bond donors (Lipinski definition) is 0. The summed E-state index contributed by atoms with van der Waals surface area (Å²) in [6.45, 7) is 0. The van der Waals surface area contributed by atoms with Crippen LogP contribution in [0, 0.1) is 6.08 Å². The number of rotatable bonds is 0. The Bertz CT molecular complexity index is 163. The minimum absolute atomic E-state index is 0. The third kappa shape index (κ3) is 4.30. The second-order valence-electron chi connectivity index (χ2n) is 2.24. The van der Waals surface area contributed by atoms with Crippen LogP contribution in [0.2, 0.25) is 0 Å². The first-order chi connectivity index (χ1) is 4.80. The van der Waals surface area contributed by atoms with Crippen molar-refractivity contribution in [3.05, 3.63) is 23.3 Å². The van der Waals surface area contributed by atoms with Crippen molar-refractivity contribution in [2.24, 2.45) is 0 Å². The van der Waals surface area contributed by atoms with Crippen LogP contribution in [0.4, 0.5) is 0 Å². The van der Waals surface area contributed by atoms with Gasteiger partial charge in [0.1, 0.15) is 0 Å². The fourth-order valence-corrected chi connectivity index (χ4v) is 1.19. The smallest absolute Gasteiger partial charge is 0.479 e. The Kier molecular flexibility index (Phi) is 6.61. The van der Waals surface area contributed by atoms with Crippen LogP contribution in [0.15, 0.2) is 17.2 Å². The number of halogens is 2. The summed E-state index contributed by atoms with van der Waals surface area (Å²) in [7, 11) is 0. The van der Waals surface area contributed by atoms with Crippen molar-refractivity contribution in [3.63, 3.8) is 0 Å². The van der Waals surface area contributed by atoms with E-state index in [1.54, 1.807) is 0 Å². The predicted octanol–water partition coefficient (Wildman–Crippen LogP) is 3.26. The Balaban J connectivity index is 0.000001000. The van der Waals surface area contributed by atoms with Crippen LogP contribution in [0.25, 0.3) is 0 Å². The van der Waals surface area contributed by atoms with Crippen molar-refractivity contribution in [1.82, 2.24) is 0 Å². The Morgan fingerprint density at radius 2 is 2.18 bits per heavy atom. The van der Waals surface area contributed by atoms with E-state index in [1.165, 1.54) is 0 Å². The molecule has 0 saturated carbocycles. The summed E-state index contributed by atoms with van der Waals surface area (Å²) in [6.07, 6.45) is 9.96. The SMILES string of the molecule is ClC1=[C-]CC/C=C\CC1Cl.[Ru+]. The molecule has 0 N–H and O–H groups in total. The first-order valence-corrected chi connectivity index (χ1v) is 4.17. The molecule has 1 aliphatic carbocycles. The van der Waals surface area contributed by atoms with Gasteiger partial charge in [0.05, 0.1) is 0 Å². The van der Waals surface area contributed by atoms with Gasteiger partial charge in [-0.1, -0.05) is 18.6 Å². The third-order valence-electron chi connectivity index (χ3n) is 1.39. The van der Waals surface area contributed by atoms with Crippen LogP contribution in [0.1, 0.15) is 19.3 Å². The molecule has 0 spiro atoms. The van der Waals surface area contributed by atoms with Gasteiger partial charge < -0.3 is 6.08 Å². The van der Waals surface area contributed by atoms with E-state index >= 15 is 0 Å². The zero-order valence-corrected chi connectivity index (χ0v) is 9.21. The van der Waals surface area contributed by atoms with Gasteiger partial charge in [-0.2, -0.15) is 6.42 Å². The van der Waals surface area contributed by atoms with Crippen molar-refractivity contribution < 1.29 is 19.5 Å². The Morgan fingerprint density at radius 3 is 2.91 bits per heavy atom. The minimum atomic E-state index is -0.0572. The maximum atomic E-state index is 5.86. The van der Waals surface area contributed by atoms with Gasteiger partial charge in [0, 0.05) is 5.38 Å². The van der Waals surface area contributed by atoms with Crippen molar-refractivity contribution in [2.45, 2.75) is 24.6 Å². The zero-order chi connectivity index (χ0) is 7.40. The molecule has 63 valence electrons. The summed E-state index contributed by atoms with van der Waals surface area (Å²) >= 11 is 11.6. The van der Waals surface area contributed by atoms with E-state index < -0.39 is 0 Å². The fourth-order valence-electron chi connectivity index (χ4n) is 0.823. The van der Waals surface area contributed by atoms with E-state index in [4.69, 9.17) is 23.2 Å². The van der Waals surface area contributed by atoms with Crippen molar-refractivity contribution >= 4 is 23.2 Å². The summed E-state index contributed by atoms with van der Waals surface area (Å²) in [5.74, 6) is 0. The monoisotopic (exact) mass is 277 g/mol. The first kappa shape index (κ1) is 11.7. The van der Waals surface area contributed by atoms with Crippen molar-refractivity contribution in [1.29, 1.82) is 0 Å². The maximum Gasteiger partial charge on any atom is 1.00 e. The van der Waals surface area contributed by atoms with Crippen LogP contribution in [0.3, 0.4) is 0 Å². The van der Waals surface area contributed by atoms with Gasteiger partial charge in [-0.05, 0) is 6.42 Å². The second-order valence-corrected chi connectivity index (χ2v) is 3.17. The average molecular weight is 277 g/mol. The van der Waals surface area contributed by atoms with Gasteiger partial charge >= 0.3 is 19.5 Å². The summed E-state index contributed by atoms with van der Waals surface area (Å²) in [4.78, 5) is 0. The summed E-state index contributed by atoms with van der Waals surface area (Å²) in [5.41, 5.74) is 0. The van der Waals surface area contributed by atoms with E-state index in [2.05, 4.69) is 18.2 Å². The molecule has 1 rings (SSSR count). The molecule has 0 saturated heterocycles. The molecule has 0 fully saturated rings. The molecule has 1 radical (unpaired) electrons. The van der Waals surface area contributed by atoms with Gasteiger partial charge in [-0.25, -0.2) is 0 Å². The van der Waals surface area contributed by atoms with E-state index in [0.717, 1.165) is 19.3 Å². The molecule has 3 heteroatoms. The molecule has 0 nitrogen and oxygen atoms in total. The maximum absolute atomic E-state index is 5.86.